The fourth-order valence-electron chi connectivity index (χ4n) is 3.33. The summed E-state index contributed by atoms with van der Waals surface area (Å²) >= 11 is 0. The van der Waals surface area contributed by atoms with E-state index >= 15 is 0 Å². The molecule has 0 saturated carbocycles. The number of aliphatic hydroxyl groups is 2. The van der Waals surface area contributed by atoms with E-state index in [1.807, 2.05) is 0 Å². The number of rotatable bonds is 22. The molecular formula is C30H54O15. The molecule has 15 heteroatoms. The van der Waals surface area contributed by atoms with Crippen molar-refractivity contribution in [1.82, 2.24) is 0 Å². The van der Waals surface area contributed by atoms with Crippen molar-refractivity contribution in [2.75, 3.05) is 39.6 Å². The lowest BCUT2D eigenvalue weighted by Gasteiger charge is -2.27. The quantitative estimate of drug-likeness (QED) is 0.128. The molecule has 45 heavy (non-hydrogen) atoms. The zero-order valence-electron chi connectivity index (χ0n) is 28.3. The summed E-state index contributed by atoms with van der Waals surface area (Å²) in [6, 6.07) is 0. The van der Waals surface area contributed by atoms with Crippen LogP contribution < -0.4 is 0 Å². The standard InChI is InChI=1S/C30H54O15/c1-11-23(31)17-38-25(33)29(7,8)44-21(5)15-40-27(35)42-19(3)13-37-14-20(4)43-28(36)41-16-22(6)45-30(9,10)26(34)39-18-24(32)12-2/h19-24,31-32H,11-18H2,1-10H3. The van der Waals surface area contributed by atoms with Crippen molar-refractivity contribution < 1.29 is 72.0 Å². The number of carbonyl (C=O) groups excluding carboxylic acids is 4. The minimum absolute atomic E-state index is 0.0161. The highest BCUT2D eigenvalue weighted by Gasteiger charge is 2.34. The summed E-state index contributed by atoms with van der Waals surface area (Å²) in [7, 11) is 0. The molecule has 0 rings (SSSR count). The zero-order chi connectivity index (χ0) is 34.8. The first-order chi connectivity index (χ1) is 20.8. The Morgan fingerprint density at radius 1 is 0.533 bits per heavy atom. The van der Waals surface area contributed by atoms with Gasteiger partial charge in [0.05, 0.1) is 37.6 Å². The SMILES string of the molecule is CCC(O)COC(=O)C(C)(C)OC(C)COC(=O)OC(C)COCC(C)OC(=O)OCC(C)OC(C)(C)C(=O)OCC(O)CC. The molecule has 0 heterocycles. The molecule has 0 aliphatic heterocycles. The van der Waals surface area contributed by atoms with Gasteiger partial charge < -0.3 is 52.8 Å². The van der Waals surface area contributed by atoms with Crippen LogP contribution in [0.3, 0.4) is 0 Å². The van der Waals surface area contributed by atoms with Gasteiger partial charge in [-0.3, -0.25) is 0 Å². The lowest BCUT2D eigenvalue weighted by molar-refractivity contribution is -0.179. The Hall–Kier alpha value is -2.72. The molecule has 0 aromatic heterocycles. The van der Waals surface area contributed by atoms with E-state index in [9.17, 15) is 29.4 Å². The molecule has 0 radical (unpaired) electrons. The second kappa shape index (κ2) is 21.1. The van der Waals surface area contributed by atoms with Gasteiger partial charge in [0.25, 0.3) is 0 Å². The molecular weight excluding hydrogens is 600 g/mol. The maximum absolute atomic E-state index is 12.2. The second-order valence-electron chi connectivity index (χ2n) is 11.7. The summed E-state index contributed by atoms with van der Waals surface area (Å²) in [6.45, 7) is 15.2. The van der Waals surface area contributed by atoms with Crippen LogP contribution in [0.25, 0.3) is 0 Å². The van der Waals surface area contributed by atoms with E-state index in [-0.39, 0.29) is 39.6 Å². The van der Waals surface area contributed by atoms with Gasteiger partial charge in [0.2, 0.25) is 0 Å². The molecule has 6 atom stereocenters. The molecule has 2 N–H and O–H groups in total. The maximum Gasteiger partial charge on any atom is 0.508 e. The zero-order valence-corrected chi connectivity index (χ0v) is 28.3. The summed E-state index contributed by atoms with van der Waals surface area (Å²) in [5, 5.41) is 19.1. The van der Waals surface area contributed by atoms with Crippen LogP contribution >= 0.6 is 0 Å². The summed E-state index contributed by atoms with van der Waals surface area (Å²) in [4.78, 5) is 48.5. The largest absolute Gasteiger partial charge is 0.508 e. The molecule has 15 nitrogen and oxygen atoms in total. The van der Waals surface area contributed by atoms with Crippen LogP contribution in [-0.4, -0.2) is 122 Å². The molecule has 0 aromatic rings. The van der Waals surface area contributed by atoms with Crippen LogP contribution in [0.4, 0.5) is 9.59 Å². The van der Waals surface area contributed by atoms with E-state index in [0.717, 1.165) is 0 Å². The lowest BCUT2D eigenvalue weighted by atomic mass is 10.1. The van der Waals surface area contributed by atoms with E-state index < -0.39 is 72.1 Å². The van der Waals surface area contributed by atoms with E-state index in [4.69, 9.17) is 42.6 Å². The van der Waals surface area contributed by atoms with Crippen molar-refractivity contribution in [2.24, 2.45) is 0 Å². The van der Waals surface area contributed by atoms with Crippen molar-refractivity contribution >= 4 is 24.2 Å². The third kappa shape index (κ3) is 19.4. The van der Waals surface area contributed by atoms with Gasteiger partial charge in [-0.15, -0.1) is 0 Å². The predicted octanol–water partition coefficient (Wildman–Crippen LogP) is 3.08. The highest BCUT2D eigenvalue weighted by atomic mass is 16.7. The number of hydrogen-bond donors (Lipinski definition) is 2. The summed E-state index contributed by atoms with van der Waals surface area (Å²) in [6.07, 6.45) is -5.28. The normalized spacial score (nSPS) is 15.9. The molecule has 0 aromatic carbocycles. The van der Waals surface area contributed by atoms with Gasteiger partial charge in [-0.2, -0.15) is 0 Å². The Labute approximate surface area is 266 Å². The smallest absolute Gasteiger partial charge is 0.461 e. The number of hydrogen-bond acceptors (Lipinski definition) is 15. The summed E-state index contributed by atoms with van der Waals surface area (Å²) in [5.41, 5.74) is -2.66. The van der Waals surface area contributed by atoms with Crippen molar-refractivity contribution in [3.05, 3.63) is 0 Å². The van der Waals surface area contributed by atoms with E-state index in [0.29, 0.717) is 12.8 Å². The van der Waals surface area contributed by atoms with Gasteiger partial charge in [-0.1, -0.05) is 13.8 Å². The number of ether oxygens (including phenoxy) is 9. The van der Waals surface area contributed by atoms with Crippen LogP contribution in [0.5, 0.6) is 0 Å². The number of carbonyl (C=O) groups is 4. The molecule has 0 aliphatic carbocycles. The van der Waals surface area contributed by atoms with Crippen molar-refractivity contribution in [2.45, 2.75) is 130 Å². The first kappa shape index (κ1) is 42.3. The minimum Gasteiger partial charge on any atom is -0.461 e. The van der Waals surface area contributed by atoms with Crippen molar-refractivity contribution in [3.63, 3.8) is 0 Å². The third-order valence-corrected chi connectivity index (χ3v) is 5.90. The molecule has 0 fully saturated rings. The highest BCUT2D eigenvalue weighted by Crippen LogP contribution is 2.17. The van der Waals surface area contributed by atoms with Gasteiger partial charge in [0.1, 0.15) is 38.6 Å². The molecule has 264 valence electrons. The molecule has 0 saturated heterocycles. The maximum atomic E-state index is 12.2. The fraction of sp³-hybridized carbons (Fsp3) is 0.867. The Bertz CT molecular complexity index is 821. The average Bonchev–Trinajstić information content (AvgIpc) is 2.95. The molecule has 6 unspecified atom stereocenters. The van der Waals surface area contributed by atoms with Crippen molar-refractivity contribution in [3.8, 4) is 0 Å². The van der Waals surface area contributed by atoms with Gasteiger partial charge in [0.15, 0.2) is 11.2 Å². The van der Waals surface area contributed by atoms with Gasteiger partial charge in [-0.05, 0) is 68.2 Å². The van der Waals surface area contributed by atoms with Crippen LogP contribution in [0.1, 0.15) is 82.1 Å². The van der Waals surface area contributed by atoms with E-state index in [1.54, 1.807) is 41.5 Å². The highest BCUT2D eigenvalue weighted by molar-refractivity contribution is 5.79. The Balaban J connectivity index is 4.28. The van der Waals surface area contributed by atoms with Gasteiger partial charge in [-0.25, -0.2) is 19.2 Å². The van der Waals surface area contributed by atoms with Gasteiger partial charge in [0, 0.05) is 0 Å². The Morgan fingerprint density at radius 3 is 1.18 bits per heavy atom. The molecule has 0 aliphatic rings. The van der Waals surface area contributed by atoms with Crippen LogP contribution in [-0.2, 0) is 52.2 Å². The van der Waals surface area contributed by atoms with E-state index in [1.165, 1.54) is 27.7 Å². The average molecular weight is 655 g/mol. The topological polar surface area (TPSA) is 192 Å². The van der Waals surface area contributed by atoms with E-state index in [2.05, 4.69) is 0 Å². The fourth-order valence-corrected chi connectivity index (χ4v) is 3.33. The predicted molar refractivity (Wildman–Crippen MR) is 158 cm³/mol. The minimum atomic E-state index is -1.33. The Morgan fingerprint density at radius 2 is 0.867 bits per heavy atom. The third-order valence-electron chi connectivity index (χ3n) is 5.90. The van der Waals surface area contributed by atoms with Crippen LogP contribution in [0.15, 0.2) is 0 Å². The molecule has 0 spiro atoms. The second-order valence-corrected chi connectivity index (χ2v) is 11.7. The first-order valence-corrected chi connectivity index (χ1v) is 15.1. The number of esters is 2. The first-order valence-electron chi connectivity index (χ1n) is 15.1. The number of aliphatic hydroxyl groups excluding tert-OH is 2. The molecule has 0 amide bonds. The monoisotopic (exact) mass is 654 g/mol. The van der Waals surface area contributed by atoms with Gasteiger partial charge >= 0.3 is 24.2 Å². The van der Waals surface area contributed by atoms with Crippen LogP contribution in [0, 0.1) is 0 Å². The lowest BCUT2D eigenvalue weighted by Crippen LogP contribution is -2.41. The van der Waals surface area contributed by atoms with Crippen LogP contribution in [0.2, 0.25) is 0 Å². The summed E-state index contributed by atoms with van der Waals surface area (Å²) in [5.74, 6) is -1.32. The van der Waals surface area contributed by atoms with Crippen molar-refractivity contribution in [1.29, 1.82) is 0 Å². The Kier molecular flexibility index (Phi) is 19.9. The molecule has 0 bridgehead atoms. The summed E-state index contributed by atoms with van der Waals surface area (Å²) < 4.78 is 47.1.